The van der Waals surface area contributed by atoms with Crippen LogP contribution in [0.5, 0.6) is 0 Å². The van der Waals surface area contributed by atoms with Gasteiger partial charge in [-0.3, -0.25) is 19.4 Å². The molecule has 3 rings (SSSR count). The average molecular weight is 413 g/mol. The molecular formula is C23H29FN4O2. The Hall–Kier alpha value is -2.77. The van der Waals surface area contributed by atoms with Gasteiger partial charge in [-0.15, -0.1) is 0 Å². The molecule has 6 nitrogen and oxygen atoms in total. The number of carbonyl (C=O) groups excluding carboxylic acids is 2. The van der Waals surface area contributed by atoms with E-state index in [2.05, 4.69) is 22.3 Å². The molecule has 0 bridgehead atoms. The zero-order chi connectivity index (χ0) is 21.5. The number of piperazine rings is 1. The number of hydrogen-bond acceptors (Lipinski definition) is 4. The van der Waals surface area contributed by atoms with Crippen molar-refractivity contribution in [2.75, 3.05) is 45.1 Å². The van der Waals surface area contributed by atoms with Crippen molar-refractivity contribution in [3.05, 3.63) is 66.0 Å². The lowest BCUT2D eigenvalue weighted by atomic mass is 10.2. The van der Waals surface area contributed by atoms with Gasteiger partial charge in [0, 0.05) is 38.4 Å². The van der Waals surface area contributed by atoms with Crippen molar-refractivity contribution in [2.24, 2.45) is 0 Å². The molecule has 1 aliphatic heterocycles. The first-order valence-electron chi connectivity index (χ1n) is 10.2. The van der Waals surface area contributed by atoms with E-state index in [0.717, 1.165) is 19.6 Å². The van der Waals surface area contributed by atoms with Crippen molar-refractivity contribution in [2.45, 2.75) is 19.5 Å². The fourth-order valence-corrected chi connectivity index (χ4v) is 3.43. The van der Waals surface area contributed by atoms with Gasteiger partial charge < -0.3 is 10.2 Å². The summed E-state index contributed by atoms with van der Waals surface area (Å²) in [5.74, 6) is -0.560. The fourth-order valence-electron chi connectivity index (χ4n) is 3.43. The summed E-state index contributed by atoms with van der Waals surface area (Å²) in [6.07, 6.45) is 0. The molecule has 1 aliphatic rings. The van der Waals surface area contributed by atoms with Gasteiger partial charge in [0.1, 0.15) is 5.82 Å². The molecule has 0 saturated carbocycles. The van der Waals surface area contributed by atoms with Crippen LogP contribution in [0.15, 0.2) is 54.6 Å². The van der Waals surface area contributed by atoms with Crippen LogP contribution < -0.4 is 5.32 Å². The Morgan fingerprint density at radius 3 is 2.30 bits per heavy atom. The highest BCUT2D eigenvalue weighted by Crippen LogP contribution is 2.11. The van der Waals surface area contributed by atoms with Gasteiger partial charge >= 0.3 is 0 Å². The van der Waals surface area contributed by atoms with E-state index in [-0.39, 0.29) is 24.2 Å². The topological polar surface area (TPSA) is 55.9 Å². The minimum absolute atomic E-state index is 0.0262. The predicted octanol–water partition coefficient (Wildman–Crippen LogP) is 2.43. The van der Waals surface area contributed by atoms with E-state index in [0.29, 0.717) is 18.8 Å². The summed E-state index contributed by atoms with van der Waals surface area (Å²) in [5, 5.41) is 2.75. The lowest BCUT2D eigenvalue weighted by molar-refractivity contribution is -0.135. The Labute approximate surface area is 177 Å². The Morgan fingerprint density at radius 1 is 1.03 bits per heavy atom. The number of benzene rings is 2. The molecule has 0 aromatic heterocycles. The second kappa shape index (κ2) is 10.3. The number of rotatable bonds is 7. The molecule has 1 fully saturated rings. The van der Waals surface area contributed by atoms with Gasteiger partial charge in [0.25, 0.3) is 0 Å². The number of anilines is 1. The molecule has 2 aromatic carbocycles. The van der Waals surface area contributed by atoms with Crippen LogP contribution in [0.2, 0.25) is 0 Å². The van der Waals surface area contributed by atoms with Crippen LogP contribution in [-0.2, 0) is 16.1 Å². The van der Waals surface area contributed by atoms with Gasteiger partial charge in [0.15, 0.2) is 0 Å². The molecule has 0 spiro atoms. The summed E-state index contributed by atoms with van der Waals surface area (Å²) in [7, 11) is 1.76. The quantitative estimate of drug-likeness (QED) is 0.759. The van der Waals surface area contributed by atoms with E-state index in [9.17, 15) is 14.0 Å². The highest BCUT2D eigenvalue weighted by molar-refractivity contribution is 5.94. The van der Waals surface area contributed by atoms with Crippen molar-refractivity contribution in [3.63, 3.8) is 0 Å². The van der Waals surface area contributed by atoms with Crippen LogP contribution in [0.25, 0.3) is 0 Å². The molecular weight excluding hydrogens is 383 g/mol. The van der Waals surface area contributed by atoms with E-state index in [1.54, 1.807) is 18.9 Å². The lowest BCUT2D eigenvalue weighted by Gasteiger charge is -2.36. The van der Waals surface area contributed by atoms with Crippen molar-refractivity contribution >= 4 is 17.5 Å². The average Bonchev–Trinajstić information content (AvgIpc) is 2.76. The molecule has 0 aliphatic carbocycles. The Morgan fingerprint density at radius 2 is 1.67 bits per heavy atom. The summed E-state index contributed by atoms with van der Waals surface area (Å²) >= 11 is 0. The number of likely N-dealkylation sites (N-methyl/N-ethyl adjacent to an activating group) is 1. The molecule has 1 atom stereocenters. The van der Waals surface area contributed by atoms with Gasteiger partial charge in [0.05, 0.1) is 12.6 Å². The van der Waals surface area contributed by atoms with E-state index < -0.39 is 6.04 Å². The number of nitrogens with zero attached hydrogens (tertiary/aromatic N) is 3. The fraction of sp³-hybridized carbons (Fsp3) is 0.391. The Bertz CT molecular complexity index is 836. The normalized spacial score (nSPS) is 15.8. The number of hydrogen-bond donors (Lipinski definition) is 1. The maximum Gasteiger partial charge on any atom is 0.241 e. The smallest absolute Gasteiger partial charge is 0.241 e. The summed E-state index contributed by atoms with van der Waals surface area (Å²) in [6, 6.07) is 15.5. The zero-order valence-electron chi connectivity index (χ0n) is 17.6. The van der Waals surface area contributed by atoms with Gasteiger partial charge in [-0.2, -0.15) is 0 Å². The third kappa shape index (κ3) is 6.11. The number of carbonyl (C=O) groups is 2. The van der Waals surface area contributed by atoms with Crippen molar-refractivity contribution in [1.82, 2.24) is 14.7 Å². The van der Waals surface area contributed by atoms with Crippen LogP contribution in [0.1, 0.15) is 12.5 Å². The molecule has 0 unspecified atom stereocenters. The largest absolute Gasteiger partial charge is 0.339 e. The molecule has 1 heterocycles. The molecule has 1 N–H and O–H groups in total. The van der Waals surface area contributed by atoms with E-state index in [4.69, 9.17) is 0 Å². The summed E-state index contributed by atoms with van der Waals surface area (Å²) in [4.78, 5) is 31.1. The molecule has 7 heteroatoms. The SMILES string of the molecule is C[C@H](C(=O)Nc1ccc(F)cc1)N(C)CC(=O)N1CCN(Cc2ccccc2)CC1. The standard InChI is InChI=1S/C23H29FN4O2/c1-18(23(30)25-21-10-8-20(24)9-11-21)26(2)17-22(29)28-14-12-27(13-15-28)16-19-6-4-3-5-7-19/h3-11,18H,12-17H2,1-2H3,(H,25,30)/t18-/m1/s1. The van der Waals surface area contributed by atoms with Crippen LogP contribution >= 0.6 is 0 Å². The first-order valence-corrected chi connectivity index (χ1v) is 10.2. The van der Waals surface area contributed by atoms with E-state index in [1.165, 1.54) is 29.8 Å². The zero-order valence-corrected chi connectivity index (χ0v) is 17.6. The molecule has 2 amide bonds. The predicted molar refractivity (Wildman–Crippen MR) is 115 cm³/mol. The second-order valence-corrected chi connectivity index (χ2v) is 7.73. The first kappa shape index (κ1) is 21.9. The number of amides is 2. The molecule has 0 radical (unpaired) electrons. The van der Waals surface area contributed by atoms with Gasteiger partial charge in [-0.1, -0.05) is 30.3 Å². The monoisotopic (exact) mass is 412 g/mol. The highest BCUT2D eigenvalue weighted by Gasteiger charge is 2.25. The van der Waals surface area contributed by atoms with Gasteiger partial charge in [-0.25, -0.2) is 4.39 Å². The minimum Gasteiger partial charge on any atom is -0.339 e. The van der Waals surface area contributed by atoms with Crippen LogP contribution in [0, 0.1) is 5.82 Å². The van der Waals surface area contributed by atoms with Crippen molar-refractivity contribution in [3.8, 4) is 0 Å². The highest BCUT2D eigenvalue weighted by atomic mass is 19.1. The lowest BCUT2D eigenvalue weighted by Crippen LogP contribution is -2.52. The number of nitrogens with one attached hydrogen (secondary N) is 1. The Balaban J connectivity index is 1.43. The summed E-state index contributed by atoms with van der Waals surface area (Å²) in [6.45, 7) is 5.88. The third-order valence-electron chi connectivity index (χ3n) is 5.51. The molecule has 30 heavy (non-hydrogen) atoms. The van der Waals surface area contributed by atoms with Crippen molar-refractivity contribution < 1.29 is 14.0 Å². The van der Waals surface area contributed by atoms with E-state index in [1.807, 2.05) is 23.1 Å². The van der Waals surface area contributed by atoms with Crippen LogP contribution in [-0.4, -0.2) is 72.3 Å². The van der Waals surface area contributed by atoms with Crippen LogP contribution in [0.4, 0.5) is 10.1 Å². The maximum atomic E-state index is 13.0. The third-order valence-corrected chi connectivity index (χ3v) is 5.51. The summed E-state index contributed by atoms with van der Waals surface area (Å²) in [5.41, 5.74) is 1.81. The molecule has 2 aromatic rings. The van der Waals surface area contributed by atoms with Gasteiger partial charge in [0.2, 0.25) is 11.8 Å². The van der Waals surface area contributed by atoms with E-state index >= 15 is 0 Å². The second-order valence-electron chi connectivity index (χ2n) is 7.73. The number of halogens is 1. The Kier molecular flexibility index (Phi) is 7.54. The molecule has 160 valence electrons. The van der Waals surface area contributed by atoms with Crippen molar-refractivity contribution in [1.29, 1.82) is 0 Å². The first-order chi connectivity index (χ1) is 14.4. The summed E-state index contributed by atoms with van der Waals surface area (Å²) < 4.78 is 13.0. The maximum absolute atomic E-state index is 13.0. The minimum atomic E-state index is -0.488. The molecule has 1 saturated heterocycles. The van der Waals surface area contributed by atoms with Crippen LogP contribution in [0.3, 0.4) is 0 Å². The van der Waals surface area contributed by atoms with Gasteiger partial charge in [-0.05, 0) is 43.8 Å².